The number of ether oxygens (including phenoxy) is 2. The minimum absolute atomic E-state index is 0.323. The van der Waals surface area contributed by atoms with Crippen LogP contribution in [0.5, 0.6) is 11.5 Å². The summed E-state index contributed by atoms with van der Waals surface area (Å²) in [5.74, 6) is 1.75. The van der Waals surface area contributed by atoms with Crippen molar-refractivity contribution < 1.29 is 14.8 Å². The van der Waals surface area contributed by atoms with E-state index < -0.39 is 0 Å². The zero-order valence-electron chi connectivity index (χ0n) is 13.4. The molecule has 1 heterocycles. The molecule has 0 amide bonds. The third kappa shape index (κ3) is 2.99. The fourth-order valence-corrected chi connectivity index (χ4v) is 3.13. The van der Waals surface area contributed by atoms with Crippen molar-refractivity contribution >= 4 is 0 Å². The number of para-hydroxylation sites is 1. The Hall–Kier alpha value is -2.78. The summed E-state index contributed by atoms with van der Waals surface area (Å²) in [5, 5.41) is 2.30. The van der Waals surface area contributed by atoms with Crippen LogP contribution in [-0.4, -0.2) is 6.79 Å². The van der Waals surface area contributed by atoms with Crippen molar-refractivity contribution in [3.8, 4) is 22.6 Å². The predicted octanol–water partition coefficient (Wildman–Crippen LogP) is 3.35. The molecule has 1 aliphatic rings. The molecule has 4 rings (SSSR count). The van der Waals surface area contributed by atoms with Crippen LogP contribution in [0.3, 0.4) is 0 Å². The van der Waals surface area contributed by atoms with E-state index in [0.29, 0.717) is 6.79 Å². The smallest absolute Gasteiger partial charge is 0.231 e. The average Bonchev–Trinajstić information content (AvgIpc) is 3.12. The lowest BCUT2D eigenvalue weighted by Gasteiger charge is -2.10. The van der Waals surface area contributed by atoms with Gasteiger partial charge in [-0.25, -0.2) is 0 Å². The topological polar surface area (TPSA) is 35.1 Å². The van der Waals surface area contributed by atoms with E-state index in [2.05, 4.69) is 66.0 Å². The molecule has 0 atom stereocenters. The van der Waals surface area contributed by atoms with Crippen LogP contribution in [0.4, 0.5) is 0 Å². The number of hydrogen-bond acceptors (Lipinski definition) is 2. The van der Waals surface area contributed by atoms with Gasteiger partial charge in [0.15, 0.2) is 11.5 Å². The van der Waals surface area contributed by atoms with Crippen LogP contribution >= 0.6 is 0 Å². The van der Waals surface area contributed by atoms with Gasteiger partial charge in [-0.1, -0.05) is 60.7 Å². The molecule has 0 spiro atoms. The van der Waals surface area contributed by atoms with Crippen molar-refractivity contribution in [2.45, 2.75) is 13.1 Å². The highest BCUT2D eigenvalue weighted by Crippen LogP contribution is 2.34. The van der Waals surface area contributed by atoms with Crippen LogP contribution in [-0.2, 0) is 13.1 Å². The molecule has 0 aromatic heterocycles. The van der Waals surface area contributed by atoms with E-state index in [9.17, 15) is 0 Å². The molecule has 0 radical (unpaired) electrons. The van der Waals surface area contributed by atoms with Gasteiger partial charge >= 0.3 is 0 Å². The van der Waals surface area contributed by atoms with Crippen molar-refractivity contribution in [1.82, 2.24) is 0 Å². The maximum atomic E-state index is 5.58. The minimum atomic E-state index is 0.323. The zero-order valence-corrected chi connectivity index (χ0v) is 13.4. The summed E-state index contributed by atoms with van der Waals surface area (Å²) < 4.78 is 11.0. The molecule has 24 heavy (non-hydrogen) atoms. The summed E-state index contributed by atoms with van der Waals surface area (Å²) in [6.07, 6.45) is 0. The summed E-state index contributed by atoms with van der Waals surface area (Å²) in [5.41, 5.74) is 5.08. The Bertz CT molecular complexity index is 830. The summed E-state index contributed by atoms with van der Waals surface area (Å²) in [7, 11) is 0. The van der Waals surface area contributed by atoms with Crippen LogP contribution in [0.25, 0.3) is 11.1 Å². The summed E-state index contributed by atoms with van der Waals surface area (Å²) >= 11 is 0. The Morgan fingerprint density at radius 2 is 1.46 bits per heavy atom. The maximum Gasteiger partial charge on any atom is 0.231 e. The Kier molecular flexibility index (Phi) is 4.17. The van der Waals surface area contributed by atoms with Crippen molar-refractivity contribution in [2.24, 2.45) is 0 Å². The van der Waals surface area contributed by atoms with E-state index >= 15 is 0 Å². The summed E-state index contributed by atoms with van der Waals surface area (Å²) in [6, 6.07) is 25.2. The fourth-order valence-electron chi connectivity index (χ4n) is 3.13. The largest absolute Gasteiger partial charge is 0.454 e. The van der Waals surface area contributed by atoms with E-state index in [0.717, 1.165) is 24.6 Å². The highest BCUT2D eigenvalue weighted by atomic mass is 16.7. The lowest BCUT2D eigenvalue weighted by atomic mass is 10.00. The van der Waals surface area contributed by atoms with E-state index in [4.69, 9.17) is 9.47 Å². The van der Waals surface area contributed by atoms with Crippen molar-refractivity contribution in [3.63, 3.8) is 0 Å². The molecule has 0 unspecified atom stereocenters. The molecule has 0 bridgehead atoms. The molecule has 0 saturated heterocycles. The Labute approximate surface area is 141 Å². The van der Waals surface area contributed by atoms with E-state index in [1.54, 1.807) is 0 Å². The first-order valence-corrected chi connectivity index (χ1v) is 8.24. The van der Waals surface area contributed by atoms with Crippen LogP contribution in [0.15, 0.2) is 72.8 Å². The third-order valence-corrected chi connectivity index (χ3v) is 4.31. The van der Waals surface area contributed by atoms with Gasteiger partial charge in [0, 0.05) is 5.56 Å². The van der Waals surface area contributed by atoms with Crippen molar-refractivity contribution in [1.29, 1.82) is 0 Å². The Morgan fingerprint density at radius 1 is 0.708 bits per heavy atom. The molecule has 3 heteroatoms. The third-order valence-electron chi connectivity index (χ3n) is 4.31. The number of benzene rings is 3. The normalized spacial score (nSPS) is 12.3. The van der Waals surface area contributed by atoms with Crippen LogP contribution in [0, 0.1) is 0 Å². The second kappa shape index (κ2) is 6.77. The lowest BCUT2D eigenvalue weighted by Crippen LogP contribution is -2.80. The highest BCUT2D eigenvalue weighted by molar-refractivity contribution is 5.66. The molecular weight excluding hydrogens is 298 g/mol. The van der Waals surface area contributed by atoms with Gasteiger partial charge in [0.05, 0.1) is 5.56 Å². The molecule has 120 valence electrons. The maximum absolute atomic E-state index is 5.58. The van der Waals surface area contributed by atoms with E-state index in [1.807, 2.05) is 12.1 Å². The van der Waals surface area contributed by atoms with Gasteiger partial charge in [-0.2, -0.15) is 0 Å². The first kappa shape index (κ1) is 14.8. The molecule has 0 saturated carbocycles. The first-order valence-electron chi connectivity index (χ1n) is 8.24. The quantitative estimate of drug-likeness (QED) is 0.783. The predicted molar refractivity (Wildman–Crippen MR) is 93.8 cm³/mol. The number of nitrogens with two attached hydrogens (primary N) is 1. The van der Waals surface area contributed by atoms with Crippen molar-refractivity contribution in [2.75, 3.05) is 6.79 Å². The SMILES string of the molecule is c1ccc(-c2ccccc2C[NH2+]Cc2cccc3c2OCO3)cc1. The molecule has 3 aromatic carbocycles. The van der Waals surface area contributed by atoms with Gasteiger partial charge in [-0.15, -0.1) is 0 Å². The highest BCUT2D eigenvalue weighted by Gasteiger charge is 2.18. The summed E-state index contributed by atoms with van der Waals surface area (Å²) in [6.45, 7) is 2.12. The minimum Gasteiger partial charge on any atom is -0.454 e. The number of hydrogen-bond donors (Lipinski definition) is 1. The first-order chi connectivity index (χ1) is 11.9. The Morgan fingerprint density at radius 3 is 2.38 bits per heavy atom. The fraction of sp³-hybridized carbons (Fsp3) is 0.143. The van der Waals surface area contributed by atoms with Gasteiger partial charge in [0.2, 0.25) is 6.79 Å². The molecule has 0 fully saturated rings. The molecule has 1 aliphatic heterocycles. The average molecular weight is 318 g/mol. The molecule has 3 aromatic rings. The van der Waals surface area contributed by atoms with Crippen LogP contribution in [0.2, 0.25) is 0 Å². The number of fused-ring (bicyclic) bond motifs is 1. The standard InChI is InChI=1S/C21H19NO2/c1-2-7-16(8-3-1)19-11-5-4-9-17(19)13-22-14-18-10-6-12-20-21(18)24-15-23-20/h1-12,22H,13-15H2/p+1. The molecular formula is C21H20NO2+. The second-order valence-corrected chi connectivity index (χ2v) is 5.87. The molecule has 2 N–H and O–H groups in total. The zero-order chi connectivity index (χ0) is 16.2. The van der Waals surface area contributed by atoms with Gasteiger partial charge < -0.3 is 14.8 Å². The van der Waals surface area contributed by atoms with E-state index in [-0.39, 0.29) is 0 Å². The van der Waals surface area contributed by atoms with Gasteiger partial charge in [0.25, 0.3) is 0 Å². The van der Waals surface area contributed by atoms with Crippen molar-refractivity contribution in [3.05, 3.63) is 83.9 Å². The Balaban J connectivity index is 1.49. The van der Waals surface area contributed by atoms with E-state index in [1.165, 1.54) is 22.3 Å². The van der Waals surface area contributed by atoms with Crippen LogP contribution in [0.1, 0.15) is 11.1 Å². The lowest BCUT2D eigenvalue weighted by molar-refractivity contribution is -0.686. The number of rotatable bonds is 5. The van der Waals surface area contributed by atoms with Gasteiger partial charge in [-0.05, 0) is 23.3 Å². The second-order valence-electron chi connectivity index (χ2n) is 5.87. The van der Waals surface area contributed by atoms with Gasteiger partial charge in [-0.3, -0.25) is 0 Å². The molecule has 3 nitrogen and oxygen atoms in total. The monoisotopic (exact) mass is 318 g/mol. The number of quaternary nitrogens is 1. The van der Waals surface area contributed by atoms with Crippen LogP contribution < -0.4 is 14.8 Å². The summed E-state index contributed by atoms with van der Waals surface area (Å²) in [4.78, 5) is 0. The molecule has 0 aliphatic carbocycles. The van der Waals surface area contributed by atoms with Gasteiger partial charge in [0.1, 0.15) is 13.1 Å².